The van der Waals surface area contributed by atoms with Gasteiger partial charge in [0, 0.05) is 10.5 Å². The van der Waals surface area contributed by atoms with Gasteiger partial charge in [0.1, 0.15) is 11.5 Å². The predicted octanol–water partition coefficient (Wildman–Crippen LogP) is 17.4. The summed E-state index contributed by atoms with van der Waals surface area (Å²) in [4.78, 5) is 0. The molecule has 2 rings (SSSR count). The Bertz CT molecular complexity index is 970. The van der Waals surface area contributed by atoms with Crippen LogP contribution in [0.3, 0.4) is 0 Å². The van der Waals surface area contributed by atoms with Crippen molar-refractivity contribution in [2.75, 3.05) is 14.2 Å². The topological polar surface area (TPSA) is 18.5 Å². The third-order valence-electron chi connectivity index (χ3n) is 11.3. The molecule has 0 amide bonds. The molecule has 0 aromatic heterocycles. The van der Waals surface area contributed by atoms with Gasteiger partial charge in [0.25, 0.3) is 0 Å². The molecule has 0 heterocycles. The Morgan fingerprint density at radius 2 is 0.593 bits per heavy atom. The number of hydrogen-bond donors (Lipinski definition) is 0. The lowest BCUT2D eigenvalue weighted by atomic mass is 10.0. The van der Waals surface area contributed by atoms with Crippen molar-refractivity contribution in [3.63, 3.8) is 0 Å². The minimum absolute atomic E-state index is 0.649. The van der Waals surface area contributed by atoms with E-state index >= 15 is 0 Å². The van der Waals surface area contributed by atoms with Gasteiger partial charge in [-0.15, -0.1) is 0 Å². The average Bonchev–Trinajstić information content (AvgIpc) is 3.20. The van der Waals surface area contributed by atoms with Crippen LogP contribution in [0.15, 0.2) is 48.5 Å². The van der Waals surface area contributed by atoms with Gasteiger partial charge < -0.3 is 9.47 Å². The summed E-state index contributed by atoms with van der Waals surface area (Å²) < 4.78 is 10.9. The van der Waals surface area contributed by atoms with Gasteiger partial charge in [-0.2, -0.15) is 0 Å². The minimum atomic E-state index is 0.649. The second-order valence-corrected chi connectivity index (χ2v) is 19.2. The van der Waals surface area contributed by atoms with Gasteiger partial charge >= 0.3 is 0 Å². The first-order chi connectivity index (χ1) is 26.7. The van der Waals surface area contributed by atoms with Gasteiger partial charge in [-0.1, -0.05) is 239 Å². The fraction of sp³-hybridized carbons (Fsp3) is 0.760. The van der Waals surface area contributed by atoms with Gasteiger partial charge in [0.15, 0.2) is 0 Å². The second-order valence-electron chi connectivity index (χ2n) is 16.3. The van der Waals surface area contributed by atoms with Gasteiger partial charge in [0.2, 0.25) is 0 Å². The highest BCUT2D eigenvalue weighted by atomic mass is 33.1. The van der Waals surface area contributed by atoms with Gasteiger partial charge in [-0.25, -0.2) is 0 Å². The van der Waals surface area contributed by atoms with Gasteiger partial charge in [0.05, 0.1) is 14.2 Å². The zero-order chi connectivity index (χ0) is 38.6. The molecule has 2 aromatic rings. The van der Waals surface area contributed by atoms with E-state index < -0.39 is 0 Å². The van der Waals surface area contributed by atoms with Crippen LogP contribution < -0.4 is 9.47 Å². The van der Waals surface area contributed by atoms with Crippen LogP contribution in [0.1, 0.15) is 218 Å². The smallest absolute Gasteiger partial charge is 0.118 e. The van der Waals surface area contributed by atoms with E-state index in [2.05, 4.69) is 84.0 Å². The molecule has 0 N–H and O–H groups in total. The number of benzene rings is 2. The van der Waals surface area contributed by atoms with Crippen LogP contribution in [-0.2, 0) is 12.8 Å². The van der Waals surface area contributed by atoms with E-state index in [9.17, 15) is 0 Å². The Morgan fingerprint density at radius 1 is 0.352 bits per heavy atom. The number of rotatable bonds is 39. The molecular weight excluding hydrogens is 697 g/mol. The maximum absolute atomic E-state index is 5.47. The maximum Gasteiger partial charge on any atom is 0.118 e. The van der Waals surface area contributed by atoms with Crippen molar-refractivity contribution >= 4 is 21.6 Å². The van der Waals surface area contributed by atoms with Crippen LogP contribution in [0.2, 0.25) is 0 Å². The van der Waals surface area contributed by atoms with Crippen LogP contribution >= 0.6 is 21.6 Å². The van der Waals surface area contributed by atoms with Crippen molar-refractivity contribution in [2.24, 2.45) is 0 Å². The molecule has 2 atom stereocenters. The summed E-state index contributed by atoms with van der Waals surface area (Å²) in [7, 11) is 7.92. The van der Waals surface area contributed by atoms with Crippen LogP contribution in [0.4, 0.5) is 0 Å². The quantitative estimate of drug-likeness (QED) is 0.0496. The van der Waals surface area contributed by atoms with Crippen LogP contribution in [0.25, 0.3) is 0 Å². The van der Waals surface area contributed by atoms with Crippen molar-refractivity contribution in [3.05, 3.63) is 59.7 Å². The van der Waals surface area contributed by atoms with E-state index in [0.717, 1.165) is 24.3 Å². The molecule has 0 saturated heterocycles. The van der Waals surface area contributed by atoms with E-state index in [-0.39, 0.29) is 0 Å². The largest absolute Gasteiger partial charge is 0.497 e. The number of ether oxygens (including phenoxy) is 2. The van der Waals surface area contributed by atoms with E-state index in [4.69, 9.17) is 9.47 Å². The molecule has 2 aromatic carbocycles. The molecule has 0 aliphatic heterocycles. The summed E-state index contributed by atoms with van der Waals surface area (Å²) in [5.74, 6) is 1.91. The second kappa shape index (κ2) is 36.1. The lowest BCUT2D eigenvalue weighted by Crippen LogP contribution is -2.10. The Labute approximate surface area is 344 Å². The molecule has 0 spiro atoms. The molecular formula is C50H86O2S2. The van der Waals surface area contributed by atoms with E-state index in [1.165, 1.54) is 204 Å². The highest BCUT2D eigenvalue weighted by molar-refractivity contribution is 8.77. The Hall–Kier alpha value is -1.26. The van der Waals surface area contributed by atoms with Crippen LogP contribution in [0, 0.1) is 0 Å². The molecule has 0 aliphatic carbocycles. The summed E-state index contributed by atoms with van der Waals surface area (Å²) in [6, 6.07) is 17.7. The zero-order valence-corrected chi connectivity index (χ0v) is 37.7. The highest BCUT2D eigenvalue weighted by Crippen LogP contribution is 2.39. The monoisotopic (exact) mass is 783 g/mol. The Kier molecular flexibility index (Phi) is 32.7. The first-order valence-corrected chi connectivity index (χ1v) is 25.5. The summed E-state index contributed by atoms with van der Waals surface area (Å²) >= 11 is 0. The van der Waals surface area contributed by atoms with Crippen molar-refractivity contribution in [3.8, 4) is 11.5 Å². The van der Waals surface area contributed by atoms with Crippen molar-refractivity contribution in [2.45, 2.75) is 230 Å². The molecule has 4 heteroatoms. The molecule has 0 radical (unpaired) electrons. The van der Waals surface area contributed by atoms with Crippen molar-refractivity contribution in [1.82, 2.24) is 0 Å². The Morgan fingerprint density at radius 3 is 0.833 bits per heavy atom. The standard InChI is InChI=1S/C50H86O2S2/c1-5-7-9-11-13-15-17-19-21-23-25-27-29-31-33-49(43-45-35-39-47(51-3)40-36-45)53-54-50(44-46-37-41-48(52-4)42-38-46)34-32-30-28-26-24-22-20-18-16-14-12-10-8-6-2/h35-42,49-50H,5-34,43-44H2,1-4H3. The first kappa shape index (κ1) is 48.9. The SMILES string of the molecule is CCCCCCCCCCCCCCCCC(Cc1ccc(OC)cc1)SSC(CCCCCCCCCCCCCCCC)Cc1ccc(OC)cc1. The fourth-order valence-corrected chi connectivity index (χ4v) is 11.0. The summed E-state index contributed by atoms with van der Waals surface area (Å²) in [5, 5.41) is 1.30. The van der Waals surface area contributed by atoms with E-state index in [0.29, 0.717) is 10.5 Å². The summed E-state index contributed by atoms with van der Waals surface area (Å²) in [5.41, 5.74) is 2.89. The van der Waals surface area contributed by atoms with Crippen molar-refractivity contribution in [1.29, 1.82) is 0 Å². The number of methoxy groups -OCH3 is 2. The van der Waals surface area contributed by atoms with Crippen LogP contribution in [-0.4, -0.2) is 24.7 Å². The molecule has 2 nitrogen and oxygen atoms in total. The molecule has 0 saturated carbocycles. The number of hydrogen-bond acceptors (Lipinski definition) is 4. The van der Waals surface area contributed by atoms with E-state index in [1.54, 1.807) is 14.2 Å². The third kappa shape index (κ3) is 27.4. The van der Waals surface area contributed by atoms with Crippen molar-refractivity contribution < 1.29 is 9.47 Å². The normalized spacial score (nSPS) is 12.6. The Balaban J connectivity index is 1.77. The maximum atomic E-state index is 5.47. The summed E-state index contributed by atoms with van der Waals surface area (Å²) in [6.45, 7) is 4.62. The molecule has 54 heavy (non-hydrogen) atoms. The molecule has 0 aliphatic rings. The lowest BCUT2D eigenvalue weighted by Gasteiger charge is -2.21. The van der Waals surface area contributed by atoms with E-state index in [1.807, 2.05) is 0 Å². The molecule has 0 bridgehead atoms. The first-order valence-electron chi connectivity index (χ1n) is 23.3. The fourth-order valence-electron chi connectivity index (χ4n) is 7.71. The number of unbranched alkanes of at least 4 members (excludes halogenated alkanes) is 26. The third-order valence-corrected chi connectivity index (χ3v) is 14.8. The molecule has 2 unspecified atom stereocenters. The lowest BCUT2D eigenvalue weighted by molar-refractivity contribution is 0.414. The predicted molar refractivity (Wildman–Crippen MR) is 246 cm³/mol. The average molecular weight is 783 g/mol. The van der Waals surface area contributed by atoms with Crippen LogP contribution in [0.5, 0.6) is 11.5 Å². The minimum Gasteiger partial charge on any atom is -0.497 e. The zero-order valence-electron chi connectivity index (χ0n) is 36.0. The molecule has 310 valence electrons. The highest BCUT2D eigenvalue weighted by Gasteiger charge is 2.17. The van der Waals surface area contributed by atoms with Gasteiger partial charge in [-0.05, 0) is 61.1 Å². The summed E-state index contributed by atoms with van der Waals surface area (Å²) in [6.07, 6.45) is 44.8. The van der Waals surface area contributed by atoms with Gasteiger partial charge in [-0.3, -0.25) is 0 Å². The molecule has 0 fully saturated rings.